The van der Waals surface area contributed by atoms with Gasteiger partial charge in [-0.2, -0.15) is 0 Å². The third kappa shape index (κ3) is 2.80. The Morgan fingerprint density at radius 2 is 2.21 bits per heavy atom. The fourth-order valence-electron chi connectivity index (χ4n) is 3.23. The van der Waals surface area contributed by atoms with Crippen molar-refractivity contribution in [3.05, 3.63) is 22.4 Å². The van der Waals surface area contributed by atoms with Crippen molar-refractivity contribution in [2.45, 2.75) is 43.0 Å². The van der Waals surface area contributed by atoms with Crippen LogP contribution in [0, 0.1) is 0 Å². The molecule has 2 unspecified atom stereocenters. The number of carbonyl (C=O) groups is 2. The predicted octanol–water partition coefficient (Wildman–Crippen LogP) is 1.99. The first-order chi connectivity index (χ1) is 11.5. The van der Waals surface area contributed by atoms with Gasteiger partial charge in [0, 0.05) is 0 Å². The van der Waals surface area contributed by atoms with E-state index in [9.17, 15) is 9.59 Å². The second-order valence-electron chi connectivity index (χ2n) is 5.73. The van der Waals surface area contributed by atoms with Crippen molar-refractivity contribution in [2.75, 3.05) is 6.61 Å². The molecule has 1 aromatic rings. The third-order valence-corrected chi connectivity index (χ3v) is 6.85. The van der Waals surface area contributed by atoms with Gasteiger partial charge in [-0.3, -0.25) is 15.2 Å². The van der Waals surface area contributed by atoms with Crippen molar-refractivity contribution in [2.24, 2.45) is 10.7 Å². The lowest BCUT2D eigenvalue weighted by atomic mass is 9.78. The summed E-state index contributed by atoms with van der Waals surface area (Å²) in [7, 11) is 0. The number of urea groups is 1. The zero-order valence-corrected chi connectivity index (χ0v) is 15.0. The number of hydrogen-bond donors (Lipinski definition) is 3. The Bertz CT molecular complexity index is 664. The molecule has 2 aliphatic rings. The minimum absolute atomic E-state index is 0.300. The molecule has 1 aliphatic carbocycles. The zero-order chi connectivity index (χ0) is 17.2. The van der Waals surface area contributed by atoms with Gasteiger partial charge in [-0.05, 0) is 37.6 Å². The summed E-state index contributed by atoms with van der Waals surface area (Å²) < 4.78 is 4.47. The van der Waals surface area contributed by atoms with Crippen molar-refractivity contribution >= 4 is 40.1 Å². The average Bonchev–Trinajstić information content (AvgIpc) is 3.19. The topological polar surface area (TPSA) is 106 Å². The molecule has 0 spiro atoms. The molecule has 1 saturated carbocycles. The monoisotopic (exact) mass is 368 g/mol. The Morgan fingerprint density at radius 1 is 1.42 bits per heavy atom. The number of nitrogens with zero attached hydrogens (tertiary/aromatic N) is 1. The van der Waals surface area contributed by atoms with Gasteiger partial charge in [0.1, 0.15) is 5.04 Å². The molecule has 2 atom stereocenters. The summed E-state index contributed by atoms with van der Waals surface area (Å²) in [6.07, 6.45) is 3.05. The highest BCUT2D eigenvalue weighted by atomic mass is 32.2. The molecule has 2 amide bonds. The number of amides is 2. The number of aliphatic imine (C=N–C) groups is 1. The van der Waals surface area contributed by atoms with E-state index in [1.165, 1.54) is 11.8 Å². The normalized spacial score (nSPS) is 28.8. The van der Waals surface area contributed by atoms with Gasteiger partial charge in [-0.25, -0.2) is 10.2 Å². The maximum absolute atomic E-state index is 12.9. The lowest BCUT2D eigenvalue weighted by Crippen LogP contribution is -2.67. The smallest absolute Gasteiger partial charge is 0.326 e. The molecule has 0 bridgehead atoms. The van der Waals surface area contributed by atoms with Crippen LogP contribution in [0.15, 0.2) is 22.5 Å². The second-order valence-corrected chi connectivity index (χ2v) is 7.96. The lowest BCUT2D eigenvalue weighted by Gasteiger charge is -2.44. The number of fused-ring (bicyclic) bond motifs is 1. The minimum atomic E-state index is -0.948. The van der Waals surface area contributed by atoms with E-state index in [1.807, 2.05) is 17.5 Å². The number of primary amides is 1. The van der Waals surface area contributed by atoms with Crippen molar-refractivity contribution < 1.29 is 14.3 Å². The third-order valence-electron chi connectivity index (χ3n) is 4.28. The fourth-order valence-corrected chi connectivity index (χ4v) is 5.56. The van der Waals surface area contributed by atoms with Gasteiger partial charge in [0.25, 0.3) is 0 Å². The maximum Gasteiger partial charge on any atom is 0.326 e. The van der Waals surface area contributed by atoms with Gasteiger partial charge < -0.3 is 10.5 Å². The predicted molar refractivity (Wildman–Crippen MR) is 94.9 cm³/mol. The number of nitrogens with one attached hydrogen (secondary N) is 2. The summed E-state index contributed by atoms with van der Waals surface area (Å²) in [4.78, 5) is 29.9. The fraction of sp³-hybridized carbons (Fsp3) is 0.533. The lowest BCUT2D eigenvalue weighted by molar-refractivity contribution is -0.149. The van der Waals surface area contributed by atoms with Crippen LogP contribution in [0.3, 0.4) is 0 Å². The molecule has 2 heterocycles. The Kier molecular flexibility index (Phi) is 4.84. The summed E-state index contributed by atoms with van der Waals surface area (Å²) in [5.41, 5.74) is 9.63. The molecule has 3 rings (SSSR count). The first-order valence-electron chi connectivity index (χ1n) is 7.85. The molecule has 1 aromatic heterocycles. The number of esters is 1. The first kappa shape index (κ1) is 17.2. The van der Waals surface area contributed by atoms with Crippen LogP contribution in [0.5, 0.6) is 0 Å². The van der Waals surface area contributed by atoms with Crippen molar-refractivity contribution in [1.29, 1.82) is 0 Å². The van der Waals surface area contributed by atoms with E-state index in [1.54, 1.807) is 18.3 Å². The quantitative estimate of drug-likeness (QED) is 0.544. The number of thiophene rings is 1. The van der Waals surface area contributed by atoms with E-state index in [2.05, 4.69) is 10.9 Å². The van der Waals surface area contributed by atoms with Crippen molar-refractivity contribution in [3.63, 3.8) is 0 Å². The summed E-state index contributed by atoms with van der Waals surface area (Å²) >= 11 is 3.00. The number of carbonyl (C=O) groups excluding carboxylic acids is 2. The number of rotatable bonds is 5. The number of hydrazine groups is 1. The van der Waals surface area contributed by atoms with E-state index >= 15 is 0 Å². The average molecular weight is 368 g/mol. The molecule has 1 aliphatic heterocycles. The van der Waals surface area contributed by atoms with Gasteiger partial charge in [0.15, 0.2) is 10.4 Å². The molecular weight excluding hydrogens is 348 g/mol. The molecule has 0 saturated heterocycles. The van der Waals surface area contributed by atoms with E-state index in [0.717, 1.165) is 22.8 Å². The molecule has 9 heteroatoms. The van der Waals surface area contributed by atoms with E-state index in [4.69, 9.17) is 15.5 Å². The van der Waals surface area contributed by atoms with Crippen LogP contribution in [-0.4, -0.2) is 34.1 Å². The molecule has 0 aromatic carbocycles. The van der Waals surface area contributed by atoms with Gasteiger partial charge in [-0.15, -0.1) is 11.3 Å². The Balaban J connectivity index is 2.03. The highest BCUT2D eigenvalue weighted by Crippen LogP contribution is 2.54. The van der Waals surface area contributed by atoms with Crippen molar-refractivity contribution in [3.8, 4) is 0 Å². The largest absolute Gasteiger partial charge is 0.465 e. The minimum Gasteiger partial charge on any atom is -0.465 e. The van der Waals surface area contributed by atoms with E-state index < -0.39 is 16.4 Å². The van der Waals surface area contributed by atoms with Crippen LogP contribution in [0.1, 0.15) is 37.5 Å². The summed E-state index contributed by atoms with van der Waals surface area (Å²) in [5, 5.41) is 2.76. The number of ether oxygens (including phenoxy) is 1. The van der Waals surface area contributed by atoms with Crippen LogP contribution < -0.4 is 16.6 Å². The molecule has 130 valence electrons. The van der Waals surface area contributed by atoms with Gasteiger partial charge in [0.05, 0.1) is 11.5 Å². The summed E-state index contributed by atoms with van der Waals surface area (Å²) in [6.45, 7) is 2.09. The van der Waals surface area contributed by atoms with Gasteiger partial charge in [-0.1, -0.05) is 24.2 Å². The highest BCUT2D eigenvalue weighted by molar-refractivity contribution is 8.16. The molecule has 0 radical (unpaired) electrons. The number of thioether (sulfide) groups is 1. The Labute approximate surface area is 148 Å². The molecule has 24 heavy (non-hydrogen) atoms. The Morgan fingerprint density at radius 3 is 2.88 bits per heavy atom. The van der Waals surface area contributed by atoms with E-state index in [0.29, 0.717) is 19.4 Å². The molecule has 4 N–H and O–H groups in total. The Hall–Kier alpha value is -1.58. The van der Waals surface area contributed by atoms with Gasteiger partial charge >= 0.3 is 12.0 Å². The summed E-state index contributed by atoms with van der Waals surface area (Å²) in [5.74, 6) is -0.302. The SMILES string of the molecule is CCOC(=O)C12CCCCC1(NNC(N)=O)N=C(c1cccs1)S2. The number of hydrogen-bond acceptors (Lipinski definition) is 7. The van der Waals surface area contributed by atoms with Crippen LogP contribution in [0.2, 0.25) is 0 Å². The molecule has 7 nitrogen and oxygen atoms in total. The molecular formula is C15H20N4O3S2. The standard InChI is InChI=1S/C15H20N4O3S2/c1-2-22-12(20)14-7-3-4-8-15(14,19-18-13(16)21)17-11(24-14)10-6-5-9-23-10/h5-6,9,19H,2-4,7-8H2,1H3,(H3,16,18,21). The maximum atomic E-state index is 12.9. The van der Waals surface area contributed by atoms with Crippen LogP contribution >= 0.6 is 23.1 Å². The highest BCUT2D eigenvalue weighted by Gasteiger charge is 2.64. The van der Waals surface area contributed by atoms with E-state index in [-0.39, 0.29) is 5.97 Å². The van der Waals surface area contributed by atoms with Crippen LogP contribution in [0.25, 0.3) is 0 Å². The second kappa shape index (κ2) is 6.73. The van der Waals surface area contributed by atoms with Crippen LogP contribution in [0.4, 0.5) is 4.79 Å². The number of nitrogens with two attached hydrogens (primary N) is 1. The van der Waals surface area contributed by atoms with Crippen LogP contribution in [-0.2, 0) is 9.53 Å². The van der Waals surface area contributed by atoms with Crippen molar-refractivity contribution in [1.82, 2.24) is 10.9 Å². The summed E-state index contributed by atoms with van der Waals surface area (Å²) in [6, 6.07) is 3.21. The first-order valence-corrected chi connectivity index (χ1v) is 9.55. The zero-order valence-electron chi connectivity index (χ0n) is 13.3. The van der Waals surface area contributed by atoms with Gasteiger partial charge in [0.2, 0.25) is 0 Å². The molecule has 1 fully saturated rings.